The van der Waals surface area contributed by atoms with Crippen LogP contribution in [0.25, 0.3) is 0 Å². The van der Waals surface area contributed by atoms with Gasteiger partial charge in [0.1, 0.15) is 0 Å². The Hall–Kier alpha value is -1.39. The Morgan fingerprint density at radius 3 is 2.63 bits per heavy atom. The summed E-state index contributed by atoms with van der Waals surface area (Å²) >= 11 is 0. The number of benzene rings is 1. The summed E-state index contributed by atoms with van der Waals surface area (Å²) < 4.78 is 4.86. The monoisotopic (exact) mass is 265 g/mol. The van der Waals surface area contributed by atoms with Crippen molar-refractivity contribution in [1.82, 2.24) is 5.32 Å². The molecule has 2 atom stereocenters. The lowest BCUT2D eigenvalue weighted by Gasteiger charge is -2.19. The van der Waals surface area contributed by atoms with Crippen LogP contribution >= 0.6 is 0 Å². The lowest BCUT2D eigenvalue weighted by Crippen LogP contribution is -2.33. The number of methoxy groups -OCH3 is 1. The van der Waals surface area contributed by atoms with Gasteiger partial charge in [0, 0.05) is 19.2 Å². The molecule has 1 rings (SSSR count). The zero-order valence-corrected chi connectivity index (χ0v) is 11.6. The molecule has 2 N–H and O–H groups in total. The van der Waals surface area contributed by atoms with Gasteiger partial charge in [0.25, 0.3) is 0 Å². The molecule has 0 saturated carbocycles. The summed E-state index contributed by atoms with van der Waals surface area (Å²) in [5, 5.41) is 12.1. The molecule has 106 valence electrons. The maximum Gasteiger partial charge on any atom is 0.314 e. The lowest BCUT2D eigenvalue weighted by molar-refractivity contribution is -0.142. The van der Waals surface area contributed by atoms with Crippen molar-refractivity contribution in [3.63, 3.8) is 0 Å². The molecular formula is C15H23NO3. The number of carbonyl (C=O) groups excluding carboxylic acids is 1. The second-order valence-corrected chi connectivity index (χ2v) is 4.66. The molecule has 0 aliphatic rings. The van der Waals surface area contributed by atoms with E-state index in [1.807, 2.05) is 30.3 Å². The van der Waals surface area contributed by atoms with Crippen molar-refractivity contribution in [2.24, 2.45) is 0 Å². The first-order valence-electron chi connectivity index (χ1n) is 6.66. The van der Waals surface area contributed by atoms with E-state index in [1.54, 1.807) is 0 Å². The normalized spacial score (nSPS) is 13.8. The van der Waals surface area contributed by atoms with Gasteiger partial charge in [0.2, 0.25) is 0 Å². The van der Waals surface area contributed by atoms with E-state index in [9.17, 15) is 4.79 Å². The smallest absolute Gasteiger partial charge is 0.314 e. The molecule has 0 radical (unpaired) electrons. The van der Waals surface area contributed by atoms with Crippen LogP contribution in [-0.4, -0.2) is 37.4 Å². The van der Waals surface area contributed by atoms with Gasteiger partial charge in [-0.2, -0.15) is 0 Å². The quantitative estimate of drug-likeness (QED) is 0.702. The van der Waals surface area contributed by atoms with Crippen LogP contribution in [0.4, 0.5) is 0 Å². The largest absolute Gasteiger partial charge is 0.469 e. The van der Waals surface area contributed by atoms with Crippen LogP contribution in [0.5, 0.6) is 0 Å². The molecule has 0 bridgehead atoms. The standard InChI is InChI=1S/C15H23NO3/c1-12(7-6-10-17)16-11-14(15(18)19-2)13-8-4-3-5-9-13/h3-5,8-9,12,14,16-17H,6-7,10-11H2,1-2H3. The highest BCUT2D eigenvalue weighted by Crippen LogP contribution is 2.16. The van der Waals surface area contributed by atoms with Crippen molar-refractivity contribution in [3.8, 4) is 0 Å². The van der Waals surface area contributed by atoms with Crippen LogP contribution in [0.1, 0.15) is 31.2 Å². The van der Waals surface area contributed by atoms with Gasteiger partial charge in [0.15, 0.2) is 0 Å². The molecule has 1 aromatic carbocycles. The molecule has 0 amide bonds. The fourth-order valence-corrected chi connectivity index (χ4v) is 1.98. The van der Waals surface area contributed by atoms with E-state index in [1.165, 1.54) is 7.11 Å². The Morgan fingerprint density at radius 2 is 2.05 bits per heavy atom. The van der Waals surface area contributed by atoms with E-state index in [2.05, 4.69) is 12.2 Å². The maximum absolute atomic E-state index is 11.8. The number of aliphatic hydroxyl groups is 1. The van der Waals surface area contributed by atoms with Gasteiger partial charge in [-0.15, -0.1) is 0 Å². The summed E-state index contributed by atoms with van der Waals surface area (Å²) in [5.41, 5.74) is 0.955. The first-order valence-corrected chi connectivity index (χ1v) is 6.66. The number of esters is 1. The van der Waals surface area contributed by atoms with Gasteiger partial charge in [-0.1, -0.05) is 30.3 Å². The molecule has 0 aromatic heterocycles. The molecule has 0 fully saturated rings. The summed E-state index contributed by atoms with van der Waals surface area (Å²) in [5.74, 6) is -0.518. The average molecular weight is 265 g/mol. The minimum atomic E-state index is -0.289. The Morgan fingerprint density at radius 1 is 1.37 bits per heavy atom. The predicted octanol–water partition coefficient (Wildman–Crippen LogP) is 1.69. The number of hydrogen-bond donors (Lipinski definition) is 2. The zero-order valence-electron chi connectivity index (χ0n) is 11.6. The molecule has 0 spiro atoms. The summed E-state index contributed by atoms with van der Waals surface area (Å²) in [6.07, 6.45) is 1.65. The Bertz CT molecular complexity index is 367. The van der Waals surface area contributed by atoms with Gasteiger partial charge in [0.05, 0.1) is 13.0 Å². The maximum atomic E-state index is 11.8. The summed E-state index contributed by atoms with van der Waals surface area (Å²) in [6, 6.07) is 9.89. The molecule has 4 nitrogen and oxygen atoms in total. The number of rotatable bonds is 8. The molecular weight excluding hydrogens is 242 g/mol. The van der Waals surface area contributed by atoms with Gasteiger partial charge in [-0.25, -0.2) is 0 Å². The third kappa shape index (κ3) is 5.41. The second-order valence-electron chi connectivity index (χ2n) is 4.66. The van der Waals surface area contributed by atoms with Crippen LogP contribution in [0.2, 0.25) is 0 Å². The number of nitrogens with one attached hydrogen (secondary N) is 1. The number of hydrogen-bond acceptors (Lipinski definition) is 4. The predicted molar refractivity (Wildman–Crippen MR) is 75.0 cm³/mol. The van der Waals surface area contributed by atoms with Crippen LogP contribution < -0.4 is 5.32 Å². The minimum Gasteiger partial charge on any atom is -0.469 e. The van der Waals surface area contributed by atoms with Gasteiger partial charge < -0.3 is 15.2 Å². The molecule has 0 heterocycles. The zero-order chi connectivity index (χ0) is 14.1. The van der Waals surface area contributed by atoms with Crippen molar-refractivity contribution in [2.45, 2.75) is 31.7 Å². The van der Waals surface area contributed by atoms with Gasteiger partial charge in [-0.05, 0) is 25.3 Å². The van der Waals surface area contributed by atoms with E-state index >= 15 is 0 Å². The van der Waals surface area contributed by atoms with Crippen LogP contribution in [0.3, 0.4) is 0 Å². The van der Waals surface area contributed by atoms with Crippen molar-refractivity contribution in [2.75, 3.05) is 20.3 Å². The Balaban J connectivity index is 2.59. The number of aliphatic hydroxyl groups excluding tert-OH is 1. The Labute approximate surface area is 114 Å². The van der Waals surface area contributed by atoms with Gasteiger partial charge >= 0.3 is 5.97 Å². The molecule has 19 heavy (non-hydrogen) atoms. The van der Waals surface area contributed by atoms with E-state index in [0.717, 1.165) is 18.4 Å². The van der Waals surface area contributed by atoms with Crippen LogP contribution in [0, 0.1) is 0 Å². The highest BCUT2D eigenvalue weighted by atomic mass is 16.5. The number of carbonyl (C=O) groups is 1. The van der Waals surface area contributed by atoms with Crippen molar-refractivity contribution < 1.29 is 14.6 Å². The highest BCUT2D eigenvalue weighted by Gasteiger charge is 2.21. The molecule has 0 aliphatic carbocycles. The summed E-state index contributed by atoms with van der Waals surface area (Å²) in [6.45, 7) is 2.80. The molecule has 4 heteroatoms. The van der Waals surface area contributed by atoms with E-state index in [-0.39, 0.29) is 24.5 Å². The SMILES string of the molecule is COC(=O)C(CNC(C)CCCO)c1ccccc1. The molecule has 2 unspecified atom stereocenters. The van der Waals surface area contributed by atoms with E-state index < -0.39 is 0 Å². The van der Waals surface area contributed by atoms with Crippen molar-refractivity contribution >= 4 is 5.97 Å². The molecule has 1 aromatic rings. The van der Waals surface area contributed by atoms with Crippen molar-refractivity contribution in [1.29, 1.82) is 0 Å². The molecule has 0 saturated heterocycles. The average Bonchev–Trinajstić information content (AvgIpc) is 2.46. The van der Waals surface area contributed by atoms with E-state index in [4.69, 9.17) is 9.84 Å². The third-order valence-electron chi connectivity index (χ3n) is 3.15. The fourth-order valence-electron chi connectivity index (χ4n) is 1.98. The minimum absolute atomic E-state index is 0.200. The number of ether oxygens (including phenoxy) is 1. The van der Waals surface area contributed by atoms with Crippen molar-refractivity contribution in [3.05, 3.63) is 35.9 Å². The highest BCUT2D eigenvalue weighted by molar-refractivity contribution is 5.78. The van der Waals surface area contributed by atoms with Gasteiger partial charge in [-0.3, -0.25) is 4.79 Å². The second kappa shape index (κ2) is 8.67. The van der Waals surface area contributed by atoms with Crippen LogP contribution in [-0.2, 0) is 9.53 Å². The lowest BCUT2D eigenvalue weighted by atomic mass is 9.98. The first kappa shape index (κ1) is 15.7. The fraction of sp³-hybridized carbons (Fsp3) is 0.533. The topological polar surface area (TPSA) is 58.6 Å². The van der Waals surface area contributed by atoms with E-state index in [0.29, 0.717) is 6.54 Å². The Kier molecular flexibility index (Phi) is 7.15. The third-order valence-corrected chi connectivity index (χ3v) is 3.15. The first-order chi connectivity index (χ1) is 9.19. The summed E-state index contributed by atoms with van der Waals surface area (Å²) in [7, 11) is 1.41. The van der Waals surface area contributed by atoms with Crippen LogP contribution in [0.15, 0.2) is 30.3 Å². The molecule has 0 aliphatic heterocycles. The summed E-state index contributed by atoms with van der Waals surface area (Å²) in [4.78, 5) is 11.8.